The number of amides is 1. The molecule has 1 amide bonds. The molecule has 4 aromatic rings. The molecule has 0 atom stereocenters. The van der Waals surface area contributed by atoms with Crippen molar-refractivity contribution in [3.8, 4) is 11.1 Å². The maximum atomic E-state index is 13.4. The Morgan fingerprint density at radius 2 is 1.74 bits per heavy atom. The predicted molar refractivity (Wildman–Crippen MR) is 128 cm³/mol. The Bertz CT molecular complexity index is 1280. The topological polar surface area (TPSA) is 42.0 Å². The largest absolute Gasteiger partial charge is 0.322 e. The van der Waals surface area contributed by atoms with Crippen LogP contribution in [0.3, 0.4) is 0 Å². The Morgan fingerprint density at radius 1 is 1.03 bits per heavy atom. The van der Waals surface area contributed by atoms with Gasteiger partial charge in [0.05, 0.1) is 11.3 Å². The fourth-order valence-electron chi connectivity index (χ4n) is 4.25. The minimum absolute atomic E-state index is 0. The van der Waals surface area contributed by atoms with Crippen LogP contribution in [0.2, 0.25) is 0 Å². The molecule has 0 radical (unpaired) electrons. The van der Waals surface area contributed by atoms with Crippen molar-refractivity contribution in [1.29, 1.82) is 0 Å². The highest BCUT2D eigenvalue weighted by Crippen LogP contribution is 2.43. The van der Waals surface area contributed by atoms with E-state index in [4.69, 9.17) is 4.98 Å². The smallest absolute Gasteiger partial charge is 0.258 e. The van der Waals surface area contributed by atoms with E-state index >= 15 is 0 Å². The number of aromatic nitrogens is 1. The minimum Gasteiger partial charge on any atom is -0.322 e. The molecule has 6 heteroatoms. The monoisotopic (exact) mass is 452 g/mol. The molecule has 2 heterocycles. The van der Waals surface area contributed by atoms with E-state index in [9.17, 15) is 9.18 Å². The number of carbonyl (C=O) groups excluding carboxylic acids is 1. The van der Waals surface area contributed by atoms with Crippen LogP contribution in [0, 0.1) is 19.7 Å². The summed E-state index contributed by atoms with van der Waals surface area (Å²) in [6.45, 7) is 3.95. The summed E-state index contributed by atoms with van der Waals surface area (Å²) in [7, 11) is 0. The van der Waals surface area contributed by atoms with Gasteiger partial charge in [-0.1, -0.05) is 29.8 Å². The molecule has 5 rings (SSSR count). The van der Waals surface area contributed by atoms with Crippen LogP contribution >= 0.6 is 23.7 Å². The Labute approximate surface area is 190 Å². The van der Waals surface area contributed by atoms with Crippen LogP contribution in [-0.2, 0) is 12.8 Å². The van der Waals surface area contributed by atoms with Gasteiger partial charge in [-0.3, -0.25) is 4.79 Å². The summed E-state index contributed by atoms with van der Waals surface area (Å²) >= 11 is 1.75. The zero-order valence-corrected chi connectivity index (χ0v) is 18.9. The highest BCUT2D eigenvalue weighted by Gasteiger charge is 2.27. The number of rotatable bonds is 3. The quantitative estimate of drug-likeness (QED) is 0.368. The first-order valence-corrected chi connectivity index (χ1v) is 10.9. The normalized spacial score (nSPS) is 12.5. The fourth-order valence-corrected chi connectivity index (χ4v) is 5.57. The van der Waals surface area contributed by atoms with Gasteiger partial charge in [-0.05, 0) is 68.5 Å². The molecule has 158 valence electrons. The molecule has 0 fully saturated rings. The van der Waals surface area contributed by atoms with Crippen LogP contribution in [0.4, 0.5) is 10.1 Å². The van der Waals surface area contributed by atoms with E-state index in [2.05, 4.69) is 36.5 Å². The number of pyridine rings is 1. The lowest BCUT2D eigenvalue weighted by Crippen LogP contribution is -2.16. The van der Waals surface area contributed by atoms with Crippen molar-refractivity contribution in [2.45, 2.75) is 33.1 Å². The van der Waals surface area contributed by atoms with Crippen molar-refractivity contribution in [2.24, 2.45) is 0 Å². The molecule has 0 saturated heterocycles. The number of thiophene rings is 1. The first kappa shape index (κ1) is 21.5. The molecule has 2 aromatic heterocycles. The highest BCUT2D eigenvalue weighted by atomic mass is 35.5. The first-order valence-electron chi connectivity index (χ1n) is 10.1. The third-order valence-corrected chi connectivity index (χ3v) is 6.89. The number of aryl methyl sites for hydroxylation is 4. The number of nitrogens with one attached hydrogen (secondary N) is 1. The second kappa shape index (κ2) is 8.40. The van der Waals surface area contributed by atoms with Gasteiger partial charge in [-0.25, -0.2) is 9.37 Å². The van der Waals surface area contributed by atoms with Crippen LogP contribution in [0.25, 0.3) is 21.3 Å². The van der Waals surface area contributed by atoms with Gasteiger partial charge in [0, 0.05) is 21.5 Å². The van der Waals surface area contributed by atoms with Crippen molar-refractivity contribution in [3.05, 3.63) is 81.6 Å². The lowest BCUT2D eigenvalue weighted by Gasteiger charge is -2.15. The number of hydrogen-bond donors (Lipinski definition) is 1. The molecular weight excluding hydrogens is 431 g/mol. The molecular formula is C25H22ClFN2OS. The minimum atomic E-state index is -0.332. The number of nitrogens with zero attached hydrogens (tertiary/aromatic N) is 1. The number of anilines is 1. The SMILES string of the molecule is Cc1ccc(-c2c(C(=O)Nc3ccc(F)cc3)c(C)nc3sc4c(c23)CCC4)cc1.Cl. The average Bonchev–Trinajstić information content (AvgIpc) is 3.30. The van der Waals surface area contributed by atoms with Gasteiger partial charge in [-0.2, -0.15) is 0 Å². The van der Waals surface area contributed by atoms with Gasteiger partial charge in [0.2, 0.25) is 0 Å². The summed E-state index contributed by atoms with van der Waals surface area (Å²) in [6.07, 6.45) is 3.26. The number of halogens is 2. The summed E-state index contributed by atoms with van der Waals surface area (Å²) in [5, 5.41) is 4.05. The molecule has 2 aromatic carbocycles. The molecule has 0 spiro atoms. The van der Waals surface area contributed by atoms with E-state index in [1.54, 1.807) is 23.5 Å². The van der Waals surface area contributed by atoms with Gasteiger partial charge < -0.3 is 5.32 Å². The van der Waals surface area contributed by atoms with Crippen molar-refractivity contribution in [3.63, 3.8) is 0 Å². The Balaban J connectivity index is 0.00000231. The summed E-state index contributed by atoms with van der Waals surface area (Å²) in [6, 6.07) is 14.1. The Morgan fingerprint density at radius 3 is 2.45 bits per heavy atom. The van der Waals surface area contributed by atoms with Crippen LogP contribution in [0.5, 0.6) is 0 Å². The van der Waals surface area contributed by atoms with Gasteiger partial charge in [-0.15, -0.1) is 23.7 Å². The number of carbonyl (C=O) groups is 1. The van der Waals surface area contributed by atoms with E-state index in [-0.39, 0.29) is 24.1 Å². The molecule has 1 aliphatic rings. The van der Waals surface area contributed by atoms with Crippen LogP contribution in [-0.4, -0.2) is 10.9 Å². The van der Waals surface area contributed by atoms with Gasteiger partial charge in [0.25, 0.3) is 5.91 Å². The fraction of sp³-hybridized carbons (Fsp3) is 0.200. The van der Waals surface area contributed by atoms with Crippen molar-refractivity contribution in [2.75, 3.05) is 5.32 Å². The second-order valence-corrected chi connectivity index (χ2v) is 8.90. The lowest BCUT2D eigenvalue weighted by atomic mass is 9.93. The van der Waals surface area contributed by atoms with E-state index in [0.29, 0.717) is 16.9 Å². The third-order valence-electron chi connectivity index (χ3n) is 5.70. The summed E-state index contributed by atoms with van der Waals surface area (Å²) < 4.78 is 13.3. The summed E-state index contributed by atoms with van der Waals surface area (Å²) in [5.41, 5.74) is 6.35. The van der Waals surface area contributed by atoms with Crippen molar-refractivity contribution >= 4 is 45.6 Å². The Kier molecular flexibility index (Phi) is 5.82. The van der Waals surface area contributed by atoms with Gasteiger partial charge in [0.15, 0.2) is 0 Å². The molecule has 0 bridgehead atoms. The van der Waals surface area contributed by atoms with Gasteiger partial charge >= 0.3 is 0 Å². The highest BCUT2D eigenvalue weighted by molar-refractivity contribution is 7.19. The molecule has 0 saturated carbocycles. The molecule has 3 nitrogen and oxygen atoms in total. The number of benzene rings is 2. The van der Waals surface area contributed by atoms with E-state index in [1.165, 1.54) is 28.1 Å². The Hall–Kier alpha value is -2.76. The first-order chi connectivity index (χ1) is 14.5. The maximum Gasteiger partial charge on any atom is 0.258 e. The van der Waals surface area contributed by atoms with E-state index in [0.717, 1.165) is 40.6 Å². The summed E-state index contributed by atoms with van der Waals surface area (Å²) in [5.74, 6) is -0.552. The van der Waals surface area contributed by atoms with Crippen LogP contribution in [0.1, 0.15) is 38.5 Å². The average molecular weight is 453 g/mol. The summed E-state index contributed by atoms with van der Waals surface area (Å²) in [4.78, 5) is 20.6. The number of fused-ring (bicyclic) bond motifs is 3. The van der Waals surface area contributed by atoms with Crippen LogP contribution < -0.4 is 5.32 Å². The molecule has 1 aliphatic carbocycles. The van der Waals surface area contributed by atoms with Crippen molar-refractivity contribution < 1.29 is 9.18 Å². The van der Waals surface area contributed by atoms with E-state index < -0.39 is 0 Å². The standard InChI is InChI=1S/C25H21FN2OS.ClH/c1-14-6-8-16(9-7-14)22-21(24(29)28-18-12-10-17(26)11-13-18)15(2)27-25-23(22)19-4-3-5-20(19)30-25;/h6-13H,3-5H2,1-2H3,(H,28,29);1H. The van der Waals surface area contributed by atoms with Crippen molar-refractivity contribution in [1.82, 2.24) is 4.98 Å². The second-order valence-electron chi connectivity index (χ2n) is 7.81. The number of hydrogen-bond acceptors (Lipinski definition) is 3. The molecule has 1 N–H and O–H groups in total. The molecule has 31 heavy (non-hydrogen) atoms. The zero-order valence-electron chi connectivity index (χ0n) is 17.3. The zero-order chi connectivity index (χ0) is 20.8. The molecule has 0 unspecified atom stereocenters. The third kappa shape index (κ3) is 3.84. The maximum absolute atomic E-state index is 13.4. The van der Waals surface area contributed by atoms with Crippen LogP contribution in [0.15, 0.2) is 48.5 Å². The predicted octanol–water partition coefficient (Wildman–Crippen LogP) is 6.88. The van der Waals surface area contributed by atoms with E-state index in [1.807, 2.05) is 6.92 Å². The van der Waals surface area contributed by atoms with Gasteiger partial charge in [0.1, 0.15) is 10.6 Å². The molecule has 0 aliphatic heterocycles. The lowest BCUT2D eigenvalue weighted by molar-refractivity contribution is 0.102.